The van der Waals surface area contributed by atoms with Crippen LogP contribution in [0.2, 0.25) is 0 Å². The average Bonchev–Trinajstić information content (AvgIpc) is 2.06. The number of hydrogen-bond donors (Lipinski definition) is 2. The number of phenolic OH excluding ortho intramolecular Hbond substituents is 1. The van der Waals surface area contributed by atoms with Crippen molar-refractivity contribution >= 4 is 5.97 Å². The fourth-order valence-corrected chi connectivity index (χ4v) is 1.57. The lowest BCUT2D eigenvalue weighted by Gasteiger charge is -2.28. The largest absolute Gasteiger partial charge is 0.504 e. The molecule has 1 aromatic rings. The maximum Gasteiger partial charge on any atom is 0.308 e. The molecular formula is C11H13NO3. The minimum Gasteiger partial charge on any atom is -0.504 e. The number of carbonyl (C=O) groups excluding carboxylic acids is 1. The van der Waals surface area contributed by atoms with E-state index in [-0.39, 0.29) is 11.5 Å². The first-order valence-corrected chi connectivity index (χ1v) is 4.91. The zero-order valence-electron chi connectivity index (χ0n) is 8.49. The third-order valence-electron chi connectivity index (χ3n) is 2.46. The van der Waals surface area contributed by atoms with E-state index in [1.54, 1.807) is 12.1 Å². The predicted octanol–water partition coefficient (Wildman–Crippen LogP) is 1.35. The summed E-state index contributed by atoms with van der Waals surface area (Å²) in [6.07, 6.45) is 1.08. The Hall–Kier alpha value is -1.55. The van der Waals surface area contributed by atoms with Crippen molar-refractivity contribution in [3.8, 4) is 11.5 Å². The summed E-state index contributed by atoms with van der Waals surface area (Å²) in [7, 11) is 0. The van der Waals surface area contributed by atoms with Crippen LogP contribution in [0, 0.1) is 0 Å². The Kier molecular flexibility index (Phi) is 2.60. The van der Waals surface area contributed by atoms with E-state index in [0.29, 0.717) is 6.04 Å². The van der Waals surface area contributed by atoms with Crippen molar-refractivity contribution in [2.75, 3.05) is 6.54 Å². The van der Waals surface area contributed by atoms with Crippen LogP contribution in [-0.4, -0.2) is 17.6 Å². The number of nitrogens with one attached hydrogen (secondary N) is 1. The molecule has 1 aliphatic heterocycles. The lowest BCUT2D eigenvalue weighted by Crippen LogP contribution is -2.34. The maximum absolute atomic E-state index is 10.7. The Bertz CT molecular complexity index is 385. The highest BCUT2D eigenvalue weighted by Crippen LogP contribution is 2.32. The molecule has 15 heavy (non-hydrogen) atoms. The highest BCUT2D eigenvalue weighted by atomic mass is 16.5. The number of hydrogen-bond acceptors (Lipinski definition) is 4. The van der Waals surface area contributed by atoms with Crippen LogP contribution in [0.15, 0.2) is 18.2 Å². The highest BCUT2D eigenvalue weighted by molar-refractivity contribution is 5.70. The fraction of sp³-hybridized carbons (Fsp3) is 0.364. The van der Waals surface area contributed by atoms with Gasteiger partial charge in [-0.2, -0.15) is 0 Å². The summed E-state index contributed by atoms with van der Waals surface area (Å²) in [5, 5.41) is 12.8. The van der Waals surface area contributed by atoms with E-state index in [9.17, 15) is 9.90 Å². The van der Waals surface area contributed by atoms with E-state index in [4.69, 9.17) is 4.74 Å². The van der Waals surface area contributed by atoms with Gasteiger partial charge in [0.15, 0.2) is 11.5 Å². The molecule has 1 saturated heterocycles. The van der Waals surface area contributed by atoms with Crippen molar-refractivity contribution in [1.29, 1.82) is 0 Å². The lowest BCUT2D eigenvalue weighted by molar-refractivity contribution is -0.132. The van der Waals surface area contributed by atoms with E-state index in [1.165, 1.54) is 6.92 Å². The standard InChI is InChI=1S/C11H13NO3/c1-7(13)15-11-3-2-8(6-10(11)14)9-4-5-12-9/h2-3,6,9,12,14H,4-5H2,1H3/t9-/m1/s1. The number of phenols is 1. The molecule has 1 aliphatic rings. The third kappa shape index (κ3) is 2.10. The zero-order chi connectivity index (χ0) is 10.8. The number of rotatable bonds is 2. The quantitative estimate of drug-likeness (QED) is 0.567. The van der Waals surface area contributed by atoms with Crippen LogP contribution in [0.4, 0.5) is 0 Å². The van der Waals surface area contributed by atoms with E-state index < -0.39 is 5.97 Å². The molecule has 0 aliphatic carbocycles. The summed E-state index contributed by atoms with van der Waals surface area (Å²) in [6, 6.07) is 5.43. The van der Waals surface area contributed by atoms with Crippen molar-refractivity contribution in [3.05, 3.63) is 23.8 Å². The summed E-state index contributed by atoms with van der Waals surface area (Å²) >= 11 is 0. The van der Waals surface area contributed by atoms with Crippen LogP contribution in [0.3, 0.4) is 0 Å². The van der Waals surface area contributed by atoms with Crippen molar-refractivity contribution in [2.24, 2.45) is 0 Å². The summed E-state index contributed by atoms with van der Waals surface area (Å²) in [4.78, 5) is 10.7. The molecule has 1 heterocycles. The van der Waals surface area contributed by atoms with Gasteiger partial charge in [0.1, 0.15) is 0 Å². The van der Waals surface area contributed by atoms with Crippen molar-refractivity contribution in [2.45, 2.75) is 19.4 Å². The van der Waals surface area contributed by atoms with E-state index >= 15 is 0 Å². The van der Waals surface area contributed by atoms with Crippen LogP contribution < -0.4 is 10.1 Å². The van der Waals surface area contributed by atoms with E-state index in [2.05, 4.69) is 5.32 Å². The molecule has 2 N–H and O–H groups in total. The fourth-order valence-electron chi connectivity index (χ4n) is 1.57. The molecule has 80 valence electrons. The molecule has 4 heteroatoms. The smallest absolute Gasteiger partial charge is 0.308 e. The summed E-state index contributed by atoms with van der Waals surface area (Å²) < 4.78 is 4.82. The number of ether oxygens (including phenoxy) is 1. The van der Waals surface area contributed by atoms with Gasteiger partial charge < -0.3 is 15.2 Å². The van der Waals surface area contributed by atoms with Crippen LogP contribution in [-0.2, 0) is 4.79 Å². The predicted molar refractivity (Wildman–Crippen MR) is 54.8 cm³/mol. The second kappa shape index (κ2) is 3.90. The third-order valence-corrected chi connectivity index (χ3v) is 2.46. The number of esters is 1. The number of aromatic hydroxyl groups is 1. The van der Waals surface area contributed by atoms with Crippen molar-refractivity contribution in [1.82, 2.24) is 5.32 Å². The number of benzene rings is 1. The monoisotopic (exact) mass is 207 g/mol. The first kappa shape index (κ1) is 9.98. The van der Waals surface area contributed by atoms with Gasteiger partial charge >= 0.3 is 5.97 Å². The normalized spacial score (nSPS) is 19.4. The molecule has 4 nitrogen and oxygen atoms in total. The number of carbonyl (C=O) groups is 1. The Balaban J connectivity index is 2.18. The second-order valence-electron chi connectivity index (χ2n) is 3.62. The van der Waals surface area contributed by atoms with Crippen molar-refractivity contribution < 1.29 is 14.6 Å². The van der Waals surface area contributed by atoms with E-state index in [1.807, 2.05) is 6.07 Å². The maximum atomic E-state index is 10.7. The van der Waals surface area contributed by atoms with Gasteiger partial charge in [-0.3, -0.25) is 4.79 Å². The molecule has 0 aromatic heterocycles. The molecule has 0 bridgehead atoms. The summed E-state index contributed by atoms with van der Waals surface area (Å²) in [6.45, 7) is 2.32. The van der Waals surface area contributed by atoms with Gasteiger partial charge in [-0.1, -0.05) is 6.07 Å². The minimum atomic E-state index is -0.431. The lowest BCUT2D eigenvalue weighted by atomic mass is 9.98. The Labute approximate surface area is 87.9 Å². The molecule has 1 aromatic carbocycles. The first-order chi connectivity index (χ1) is 7.16. The topological polar surface area (TPSA) is 58.6 Å². The van der Waals surface area contributed by atoms with Crippen LogP contribution in [0.25, 0.3) is 0 Å². The van der Waals surface area contributed by atoms with Gasteiger partial charge in [0, 0.05) is 13.0 Å². The van der Waals surface area contributed by atoms with Gasteiger partial charge in [-0.25, -0.2) is 0 Å². The molecular weight excluding hydrogens is 194 g/mol. The van der Waals surface area contributed by atoms with Crippen molar-refractivity contribution in [3.63, 3.8) is 0 Å². The summed E-state index contributed by atoms with van der Waals surface area (Å²) in [5.74, 6) is -0.207. The van der Waals surface area contributed by atoms with E-state index in [0.717, 1.165) is 18.5 Å². The molecule has 1 atom stereocenters. The van der Waals surface area contributed by atoms with Gasteiger partial charge in [-0.05, 0) is 30.7 Å². The Morgan fingerprint density at radius 1 is 1.60 bits per heavy atom. The van der Waals surface area contributed by atoms with Gasteiger partial charge in [-0.15, -0.1) is 0 Å². The van der Waals surface area contributed by atoms with Gasteiger partial charge in [0.05, 0.1) is 0 Å². The molecule has 2 rings (SSSR count). The van der Waals surface area contributed by atoms with Crippen LogP contribution in [0.1, 0.15) is 24.9 Å². The first-order valence-electron chi connectivity index (χ1n) is 4.91. The molecule has 0 unspecified atom stereocenters. The Morgan fingerprint density at radius 3 is 2.80 bits per heavy atom. The Morgan fingerprint density at radius 2 is 2.33 bits per heavy atom. The SMILES string of the molecule is CC(=O)Oc1ccc([C@H]2CCN2)cc1O. The van der Waals surface area contributed by atoms with Gasteiger partial charge in [0.25, 0.3) is 0 Å². The van der Waals surface area contributed by atoms with Gasteiger partial charge in [0.2, 0.25) is 0 Å². The molecule has 0 radical (unpaired) electrons. The zero-order valence-corrected chi connectivity index (χ0v) is 8.49. The molecule has 0 saturated carbocycles. The van der Waals surface area contributed by atoms with Crippen LogP contribution in [0.5, 0.6) is 11.5 Å². The molecule has 1 fully saturated rings. The van der Waals surface area contributed by atoms with Crippen LogP contribution >= 0.6 is 0 Å². The minimum absolute atomic E-state index is 0.0106. The molecule has 0 spiro atoms. The average molecular weight is 207 g/mol. The highest BCUT2D eigenvalue weighted by Gasteiger charge is 2.19. The molecule has 0 amide bonds. The second-order valence-corrected chi connectivity index (χ2v) is 3.62. The summed E-state index contributed by atoms with van der Waals surface area (Å²) in [5.41, 5.74) is 1.02.